The van der Waals surface area contributed by atoms with Crippen molar-refractivity contribution in [3.8, 4) is 5.75 Å². The standard InChI is InChI=1S/C28H29N3O6S2/c1-4-31(21-10-8-7-9-11-21)39(34,35)23-15-12-20(13-16-23)27(33)29-28-30(19-26(32)37-6-3)24-17-14-22(36-5-2)18-25(24)38-28/h7-18H,4-6,19H2,1-3H3. The summed E-state index contributed by atoms with van der Waals surface area (Å²) in [6.07, 6.45) is 0. The van der Waals surface area contributed by atoms with Crippen molar-refractivity contribution in [3.05, 3.63) is 83.2 Å². The summed E-state index contributed by atoms with van der Waals surface area (Å²) in [4.78, 5) is 30.1. The monoisotopic (exact) mass is 567 g/mol. The Morgan fingerprint density at radius 3 is 2.31 bits per heavy atom. The van der Waals surface area contributed by atoms with Gasteiger partial charge in [0.25, 0.3) is 15.9 Å². The van der Waals surface area contributed by atoms with Gasteiger partial charge in [0.1, 0.15) is 12.3 Å². The summed E-state index contributed by atoms with van der Waals surface area (Å²) in [7, 11) is -3.83. The molecule has 3 aromatic carbocycles. The van der Waals surface area contributed by atoms with Gasteiger partial charge in [0.15, 0.2) is 4.80 Å². The van der Waals surface area contributed by atoms with E-state index in [0.717, 1.165) is 4.70 Å². The van der Waals surface area contributed by atoms with Gasteiger partial charge in [0.2, 0.25) is 0 Å². The first kappa shape index (κ1) is 28.1. The number of anilines is 1. The minimum atomic E-state index is -3.83. The molecule has 1 heterocycles. The number of aromatic nitrogens is 1. The molecule has 0 fully saturated rings. The lowest BCUT2D eigenvalue weighted by Crippen LogP contribution is -2.30. The highest BCUT2D eigenvalue weighted by Gasteiger charge is 2.24. The fourth-order valence-electron chi connectivity index (χ4n) is 4.02. The number of esters is 1. The number of hydrogen-bond donors (Lipinski definition) is 0. The Morgan fingerprint density at radius 1 is 0.949 bits per heavy atom. The number of rotatable bonds is 10. The SMILES string of the molecule is CCOC(=O)Cn1c(=NC(=O)c2ccc(S(=O)(=O)N(CC)c3ccccc3)cc2)sc2cc(OCC)ccc21. The molecule has 0 radical (unpaired) electrons. The van der Waals surface area contributed by atoms with Gasteiger partial charge in [-0.1, -0.05) is 29.5 Å². The molecule has 4 aromatic rings. The van der Waals surface area contributed by atoms with Crippen molar-refractivity contribution in [2.45, 2.75) is 32.2 Å². The Morgan fingerprint density at radius 2 is 1.67 bits per heavy atom. The average Bonchev–Trinajstić information content (AvgIpc) is 3.25. The molecular weight excluding hydrogens is 538 g/mol. The van der Waals surface area contributed by atoms with Crippen LogP contribution < -0.4 is 13.8 Å². The zero-order chi connectivity index (χ0) is 28.0. The van der Waals surface area contributed by atoms with E-state index in [0.29, 0.717) is 28.4 Å². The molecule has 11 heteroatoms. The number of nitrogens with zero attached hydrogens (tertiary/aromatic N) is 3. The van der Waals surface area contributed by atoms with Crippen LogP contribution in [0.5, 0.6) is 5.75 Å². The van der Waals surface area contributed by atoms with E-state index in [1.54, 1.807) is 48.7 Å². The van der Waals surface area contributed by atoms with E-state index in [9.17, 15) is 18.0 Å². The van der Waals surface area contributed by atoms with Gasteiger partial charge in [-0.15, -0.1) is 0 Å². The summed E-state index contributed by atoms with van der Waals surface area (Å²) in [5.74, 6) is -0.349. The molecule has 0 spiro atoms. The molecule has 1 amide bonds. The Labute approximate surface area is 231 Å². The lowest BCUT2D eigenvalue weighted by Gasteiger charge is -2.22. The summed E-state index contributed by atoms with van der Waals surface area (Å²) in [5, 5.41) is 0. The summed E-state index contributed by atoms with van der Waals surface area (Å²) >= 11 is 1.24. The lowest BCUT2D eigenvalue weighted by atomic mass is 10.2. The van der Waals surface area contributed by atoms with E-state index in [4.69, 9.17) is 9.47 Å². The molecule has 0 saturated carbocycles. The topological polar surface area (TPSA) is 107 Å². The summed E-state index contributed by atoms with van der Waals surface area (Å²) in [6, 6.07) is 19.9. The average molecular weight is 568 g/mol. The maximum absolute atomic E-state index is 13.3. The van der Waals surface area contributed by atoms with Gasteiger partial charge >= 0.3 is 5.97 Å². The number of benzene rings is 3. The second-order valence-corrected chi connectivity index (χ2v) is 11.2. The van der Waals surface area contributed by atoms with Gasteiger partial charge < -0.3 is 14.0 Å². The molecule has 0 bridgehead atoms. The number of ether oxygens (including phenoxy) is 2. The molecule has 0 saturated heterocycles. The van der Waals surface area contributed by atoms with E-state index in [-0.39, 0.29) is 30.2 Å². The van der Waals surface area contributed by atoms with Crippen LogP contribution >= 0.6 is 11.3 Å². The summed E-state index contributed by atoms with van der Waals surface area (Å²) in [5.41, 5.74) is 1.48. The smallest absolute Gasteiger partial charge is 0.326 e. The number of hydrogen-bond acceptors (Lipinski definition) is 7. The van der Waals surface area contributed by atoms with Gasteiger partial charge in [-0.25, -0.2) is 8.42 Å². The largest absolute Gasteiger partial charge is 0.494 e. The lowest BCUT2D eigenvalue weighted by molar-refractivity contribution is -0.143. The summed E-state index contributed by atoms with van der Waals surface area (Å²) < 4.78 is 41.0. The zero-order valence-corrected chi connectivity index (χ0v) is 23.5. The minimum absolute atomic E-state index is 0.0624. The van der Waals surface area contributed by atoms with Crippen LogP contribution in [0.1, 0.15) is 31.1 Å². The first-order valence-corrected chi connectivity index (χ1v) is 14.7. The van der Waals surface area contributed by atoms with Crippen molar-refractivity contribution in [2.75, 3.05) is 24.1 Å². The van der Waals surface area contributed by atoms with Crippen LogP contribution in [0.2, 0.25) is 0 Å². The third-order valence-electron chi connectivity index (χ3n) is 5.78. The number of carbonyl (C=O) groups excluding carboxylic acids is 2. The molecule has 0 atom stereocenters. The van der Waals surface area contributed by atoms with Crippen molar-refractivity contribution in [1.82, 2.24) is 4.57 Å². The van der Waals surface area contributed by atoms with Gasteiger partial charge in [-0.2, -0.15) is 4.99 Å². The van der Waals surface area contributed by atoms with Crippen LogP contribution in [0.4, 0.5) is 5.69 Å². The van der Waals surface area contributed by atoms with Crippen molar-refractivity contribution >= 4 is 49.1 Å². The van der Waals surface area contributed by atoms with Crippen molar-refractivity contribution in [2.24, 2.45) is 4.99 Å². The van der Waals surface area contributed by atoms with Crippen LogP contribution in [0.15, 0.2) is 82.7 Å². The molecule has 1 aromatic heterocycles. The molecule has 39 heavy (non-hydrogen) atoms. The molecule has 204 valence electrons. The van der Waals surface area contributed by atoms with E-state index in [1.807, 2.05) is 25.1 Å². The van der Waals surface area contributed by atoms with Gasteiger partial charge in [-0.05, 0) is 75.4 Å². The predicted octanol–water partition coefficient (Wildman–Crippen LogP) is 4.62. The molecule has 4 rings (SSSR count). The molecule has 0 aliphatic rings. The molecule has 0 aliphatic heterocycles. The molecular formula is C28H29N3O6S2. The van der Waals surface area contributed by atoms with Crippen molar-refractivity contribution < 1.29 is 27.5 Å². The van der Waals surface area contributed by atoms with E-state index < -0.39 is 21.9 Å². The van der Waals surface area contributed by atoms with E-state index in [2.05, 4.69) is 4.99 Å². The number of para-hydroxylation sites is 1. The van der Waals surface area contributed by atoms with Gasteiger partial charge in [-0.3, -0.25) is 13.9 Å². The Kier molecular flexibility index (Phi) is 8.82. The predicted molar refractivity (Wildman–Crippen MR) is 151 cm³/mol. The van der Waals surface area contributed by atoms with Crippen LogP contribution in [-0.2, 0) is 26.1 Å². The normalized spacial score (nSPS) is 11.9. The molecule has 0 N–H and O–H groups in total. The Balaban J connectivity index is 1.68. The Hall–Kier alpha value is -3.96. The first-order valence-electron chi connectivity index (χ1n) is 12.5. The highest BCUT2D eigenvalue weighted by molar-refractivity contribution is 7.92. The van der Waals surface area contributed by atoms with Crippen molar-refractivity contribution in [3.63, 3.8) is 0 Å². The van der Waals surface area contributed by atoms with Crippen LogP contribution in [0.25, 0.3) is 10.2 Å². The number of fused-ring (bicyclic) bond motifs is 1. The van der Waals surface area contributed by atoms with Crippen LogP contribution in [-0.4, -0.2) is 44.6 Å². The highest BCUT2D eigenvalue weighted by Crippen LogP contribution is 2.25. The second-order valence-electron chi connectivity index (χ2n) is 8.29. The number of carbonyl (C=O) groups is 2. The first-order chi connectivity index (χ1) is 18.8. The zero-order valence-electron chi connectivity index (χ0n) is 21.9. The number of thiazole rings is 1. The second kappa shape index (κ2) is 12.3. The third-order valence-corrected chi connectivity index (χ3v) is 8.73. The van der Waals surface area contributed by atoms with Crippen molar-refractivity contribution in [1.29, 1.82) is 0 Å². The van der Waals surface area contributed by atoms with Gasteiger partial charge in [0, 0.05) is 12.1 Å². The maximum Gasteiger partial charge on any atom is 0.326 e. The quantitative estimate of drug-likeness (QED) is 0.259. The van der Waals surface area contributed by atoms with Crippen LogP contribution in [0, 0.1) is 0 Å². The van der Waals surface area contributed by atoms with Crippen LogP contribution in [0.3, 0.4) is 0 Å². The van der Waals surface area contributed by atoms with E-state index in [1.165, 1.54) is 39.9 Å². The van der Waals surface area contributed by atoms with E-state index >= 15 is 0 Å². The number of sulfonamides is 1. The molecule has 0 unspecified atom stereocenters. The highest BCUT2D eigenvalue weighted by atomic mass is 32.2. The minimum Gasteiger partial charge on any atom is -0.494 e. The fourth-order valence-corrected chi connectivity index (χ4v) is 6.55. The number of amides is 1. The maximum atomic E-state index is 13.3. The molecule has 0 aliphatic carbocycles. The fraction of sp³-hybridized carbons (Fsp3) is 0.250. The summed E-state index contributed by atoms with van der Waals surface area (Å²) in [6.45, 7) is 6.24. The Bertz CT molecular complexity index is 1640. The third kappa shape index (κ3) is 6.21. The van der Waals surface area contributed by atoms with Gasteiger partial charge in [0.05, 0.1) is 34.0 Å². The molecule has 9 nitrogen and oxygen atoms in total.